The summed E-state index contributed by atoms with van der Waals surface area (Å²) < 4.78 is 9.88. The van der Waals surface area contributed by atoms with Crippen LogP contribution in [0, 0.1) is 18.7 Å². The molecule has 0 spiro atoms. The van der Waals surface area contributed by atoms with Gasteiger partial charge in [-0.1, -0.05) is 0 Å². The molecule has 0 fully saturated rings. The van der Waals surface area contributed by atoms with Gasteiger partial charge in [0.05, 0.1) is 0 Å². The van der Waals surface area contributed by atoms with Gasteiger partial charge in [0, 0.05) is 0 Å². The Morgan fingerprint density at radius 3 is 1.43 bits per heavy atom. The fourth-order valence-electron chi connectivity index (χ4n) is 2.13. The van der Waals surface area contributed by atoms with Crippen molar-refractivity contribution in [1.29, 1.82) is 0 Å². The van der Waals surface area contributed by atoms with Gasteiger partial charge < -0.3 is 0 Å². The number of thiophene rings is 1. The molecule has 0 aliphatic heterocycles. The monoisotopic (exact) mass is 688 g/mol. The third-order valence-corrected chi connectivity index (χ3v) is 13.8. The van der Waals surface area contributed by atoms with Gasteiger partial charge in [0.2, 0.25) is 0 Å². The Morgan fingerprint density at radius 2 is 1.00 bits per heavy atom. The Kier molecular flexibility index (Phi) is 6.96. The van der Waals surface area contributed by atoms with Gasteiger partial charge in [0.15, 0.2) is 0 Å². The van der Waals surface area contributed by atoms with Gasteiger partial charge >= 0.3 is 168 Å². The Bertz CT molecular complexity index is 801. The van der Waals surface area contributed by atoms with E-state index < -0.39 is 49.1 Å². The van der Waals surface area contributed by atoms with Crippen LogP contribution in [0.4, 0.5) is 0 Å². The Balaban J connectivity index is 1.59. The summed E-state index contributed by atoms with van der Waals surface area (Å²) in [6.45, 7) is 0. The van der Waals surface area contributed by atoms with Crippen LogP contribution >= 0.6 is 11.3 Å². The maximum atomic E-state index is 3.46. The van der Waals surface area contributed by atoms with E-state index in [1.54, 1.807) is 11.3 Å². The molecule has 3 heteroatoms. The topological polar surface area (TPSA) is 0 Å². The molecular formula is C20H12Hg2S. The molecule has 0 N–H and O–H groups in total. The van der Waals surface area contributed by atoms with Crippen LogP contribution in [-0.2, 0) is 49.1 Å². The van der Waals surface area contributed by atoms with Crippen LogP contribution in [0.15, 0.2) is 72.8 Å². The normalized spacial score (nSPS) is 8.70. The summed E-state index contributed by atoms with van der Waals surface area (Å²) in [6.07, 6.45) is 0. The molecule has 1 aromatic heterocycles. The van der Waals surface area contributed by atoms with Crippen LogP contribution in [0.2, 0.25) is 0 Å². The number of hydrogen-bond donors (Lipinski definition) is 0. The fourth-order valence-corrected chi connectivity index (χ4v) is 11.6. The van der Waals surface area contributed by atoms with Crippen LogP contribution in [0.1, 0.15) is 9.75 Å². The van der Waals surface area contributed by atoms with E-state index in [1.165, 1.54) is 6.14 Å². The van der Waals surface area contributed by atoms with Crippen molar-refractivity contribution in [1.82, 2.24) is 0 Å². The predicted molar refractivity (Wildman–Crippen MR) is 90.2 cm³/mol. The molecule has 0 aliphatic rings. The molecule has 102 valence electrons. The molecule has 0 bridgehead atoms. The Hall–Kier alpha value is -0.870. The molecule has 2 aromatic carbocycles. The summed E-state index contributed by atoms with van der Waals surface area (Å²) >= 11 is -0.753. The molecule has 0 aliphatic carbocycles. The van der Waals surface area contributed by atoms with Crippen molar-refractivity contribution >= 4 is 17.5 Å². The zero-order valence-electron chi connectivity index (χ0n) is 12.8. The van der Waals surface area contributed by atoms with Crippen LogP contribution in [0.25, 0.3) is 0 Å². The number of hydrogen-bond acceptors (Lipinski definition) is 1. The Labute approximate surface area is 166 Å². The molecule has 0 saturated heterocycles. The minimum atomic E-state index is -1.24. The summed E-state index contributed by atoms with van der Waals surface area (Å²) in [7, 11) is 0. The first-order chi connectivity index (χ1) is 11.4. The molecule has 23 heavy (non-hydrogen) atoms. The minimum absolute atomic E-state index is 1.15. The van der Waals surface area contributed by atoms with E-state index in [0.29, 0.717) is 0 Å². The van der Waals surface area contributed by atoms with Crippen molar-refractivity contribution in [2.24, 2.45) is 0 Å². The van der Waals surface area contributed by atoms with Crippen molar-refractivity contribution < 1.29 is 49.1 Å². The summed E-state index contributed by atoms with van der Waals surface area (Å²) in [4.78, 5) is 2.31. The third kappa shape index (κ3) is 5.92. The summed E-state index contributed by atoms with van der Waals surface area (Å²) in [5.74, 6) is 6.68. The van der Waals surface area contributed by atoms with E-state index in [9.17, 15) is 0 Å². The third-order valence-electron chi connectivity index (χ3n) is 3.30. The van der Waals surface area contributed by atoms with E-state index in [0.717, 1.165) is 9.75 Å². The quantitative estimate of drug-likeness (QED) is 0.288. The zero-order valence-corrected chi connectivity index (χ0v) is 24.6. The summed E-state index contributed by atoms with van der Waals surface area (Å²) in [5, 5.41) is 0. The molecule has 0 radical (unpaired) electrons. The van der Waals surface area contributed by atoms with E-state index >= 15 is 0 Å². The maximum absolute atomic E-state index is 3.46. The van der Waals surface area contributed by atoms with Gasteiger partial charge in [-0.2, -0.15) is 0 Å². The van der Waals surface area contributed by atoms with Crippen LogP contribution in [0.5, 0.6) is 0 Å². The van der Waals surface area contributed by atoms with E-state index in [2.05, 4.69) is 91.5 Å². The van der Waals surface area contributed by atoms with Crippen molar-refractivity contribution in [2.75, 3.05) is 0 Å². The number of rotatable bonds is 2. The van der Waals surface area contributed by atoms with Gasteiger partial charge in [0.25, 0.3) is 0 Å². The van der Waals surface area contributed by atoms with E-state index in [1.807, 2.05) is 0 Å². The molecule has 0 amide bonds. The van der Waals surface area contributed by atoms with Gasteiger partial charge in [-0.3, -0.25) is 0 Å². The molecular weight excluding hydrogens is 673 g/mol. The predicted octanol–water partition coefficient (Wildman–Crippen LogP) is 3.18. The average Bonchev–Trinajstić information content (AvgIpc) is 3.05. The second kappa shape index (κ2) is 9.43. The molecule has 3 rings (SSSR count). The van der Waals surface area contributed by atoms with Crippen molar-refractivity contribution in [3.8, 4) is 18.7 Å². The standard InChI is InChI=1S/C8H2S.2C6H5.2Hg/c1-3-7-5-6-8(4-2)9-7;2*1-2-4-6-5-3-1;;/h5-6H;2*1-5H;;. The van der Waals surface area contributed by atoms with E-state index in [4.69, 9.17) is 0 Å². The Morgan fingerprint density at radius 1 is 0.565 bits per heavy atom. The average molecular weight is 686 g/mol. The summed E-state index contributed by atoms with van der Waals surface area (Å²) in [6, 6.07) is 25.6. The molecule has 0 atom stereocenters. The van der Waals surface area contributed by atoms with Gasteiger partial charge in [-0.05, 0) is 0 Å². The second-order valence-electron chi connectivity index (χ2n) is 5.09. The molecule has 0 unspecified atom stereocenters. The van der Waals surface area contributed by atoms with E-state index in [-0.39, 0.29) is 0 Å². The van der Waals surface area contributed by atoms with Crippen molar-refractivity contribution in [3.63, 3.8) is 0 Å². The van der Waals surface area contributed by atoms with Crippen LogP contribution < -0.4 is 6.14 Å². The van der Waals surface area contributed by atoms with Crippen LogP contribution in [0.3, 0.4) is 0 Å². The van der Waals surface area contributed by atoms with Crippen molar-refractivity contribution in [3.05, 3.63) is 82.6 Å². The zero-order chi connectivity index (χ0) is 15.7. The van der Waals surface area contributed by atoms with Gasteiger partial charge in [-0.25, -0.2) is 0 Å². The summed E-state index contributed by atoms with van der Waals surface area (Å²) in [5.41, 5.74) is 0. The molecule has 0 saturated carbocycles. The first-order valence-corrected chi connectivity index (χ1v) is 19.4. The molecule has 0 nitrogen and oxygen atoms in total. The molecule has 3 aromatic rings. The van der Waals surface area contributed by atoms with Crippen molar-refractivity contribution in [2.45, 2.75) is 0 Å². The molecule has 1 heterocycles. The SMILES string of the molecule is [C](#Cc1ccc(C#[C][Hg][c]2ccccc2)s1)[Hg][c]1ccccc1. The first-order valence-electron chi connectivity index (χ1n) is 7.55. The first kappa shape index (κ1) is 17.0. The second-order valence-corrected chi connectivity index (χ2v) is 18.0. The van der Waals surface area contributed by atoms with Gasteiger partial charge in [-0.15, -0.1) is 0 Å². The van der Waals surface area contributed by atoms with Gasteiger partial charge in [0.1, 0.15) is 0 Å². The fraction of sp³-hybridized carbons (Fsp3) is 0. The van der Waals surface area contributed by atoms with Crippen LogP contribution in [-0.4, -0.2) is 0 Å². The number of benzene rings is 2.